The molecule has 1 nitrogen and oxygen atoms in total. The maximum Gasteiger partial charge on any atom is 0.132 e. The predicted octanol–water partition coefficient (Wildman–Crippen LogP) is 5.22. The zero-order valence-corrected chi connectivity index (χ0v) is 11.6. The summed E-state index contributed by atoms with van der Waals surface area (Å²) >= 11 is 0. The third kappa shape index (κ3) is 13.1. The second-order valence-electron chi connectivity index (χ2n) is 4.45. The average Bonchev–Trinajstić information content (AvgIpc) is 2.35. The molecule has 0 aromatic rings. The van der Waals surface area contributed by atoms with Gasteiger partial charge in [0.1, 0.15) is 5.78 Å². The molecule has 0 atom stereocenters. The molecule has 0 radical (unpaired) electrons. The number of ketones is 1. The molecule has 0 amide bonds. The molecule has 0 aliphatic rings. The van der Waals surface area contributed by atoms with Crippen molar-refractivity contribution in [1.82, 2.24) is 0 Å². The van der Waals surface area contributed by atoms with Crippen molar-refractivity contribution in [1.29, 1.82) is 0 Å². The second-order valence-corrected chi connectivity index (χ2v) is 4.45. The van der Waals surface area contributed by atoms with Crippen molar-refractivity contribution >= 4 is 5.78 Å². The number of Topliss-reactive ketones (excluding diaryl/α,β-unsaturated/α-hetero) is 1. The van der Waals surface area contributed by atoms with E-state index < -0.39 is 0 Å². The van der Waals surface area contributed by atoms with E-state index in [9.17, 15) is 4.79 Å². The van der Waals surface area contributed by atoms with E-state index in [4.69, 9.17) is 0 Å². The van der Waals surface area contributed by atoms with Gasteiger partial charge in [-0.15, -0.1) is 0 Å². The third-order valence-corrected chi connectivity index (χ3v) is 2.79. The van der Waals surface area contributed by atoms with E-state index in [1.165, 1.54) is 25.7 Å². The van der Waals surface area contributed by atoms with Crippen LogP contribution in [-0.4, -0.2) is 5.78 Å². The summed E-state index contributed by atoms with van der Waals surface area (Å²) in [6.45, 7) is 4.16. The molecule has 0 unspecified atom stereocenters. The lowest BCUT2D eigenvalue weighted by Crippen LogP contribution is -1.92. The van der Waals surface area contributed by atoms with Crippen molar-refractivity contribution in [2.45, 2.75) is 71.6 Å². The molecular formula is C16H28O. The van der Waals surface area contributed by atoms with Gasteiger partial charge in [0.2, 0.25) is 0 Å². The van der Waals surface area contributed by atoms with E-state index >= 15 is 0 Å². The minimum absolute atomic E-state index is 0.366. The number of allylic oxidation sites excluding steroid dienone is 4. The van der Waals surface area contributed by atoms with E-state index in [2.05, 4.69) is 31.2 Å². The van der Waals surface area contributed by atoms with Crippen LogP contribution in [-0.2, 0) is 4.79 Å². The van der Waals surface area contributed by atoms with E-state index in [1.54, 1.807) is 0 Å². The second kappa shape index (κ2) is 13.2. The van der Waals surface area contributed by atoms with Gasteiger partial charge in [-0.25, -0.2) is 0 Å². The third-order valence-electron chi connectivity index (χ3n) is 2.79. The number of hydrogen-bond donors (Lipinski definition) is 0. The molecule has 0 spiro atoms. The number of hydrogen-bond acceptors (Lipinski definition) is 1. The lowest BCUT2D eigenvalue weighted by atomic mass is 10.1. The van der Waals surface area contributed by atoms with Gasteiger partial charge in [0.25, 0.3) is 0 Å². The molecule has 0 fully saturated rings. The first kappa shape index (κ1) is 16.1. The normalized spacial score (nSPS) is 11.6. The molecule has 0 rings (SSSR count). The van der Waals surface area contributed by atoms with Gasteiger partial charge in [-0.2, -0.15) is 0 Å². The number of carbonyl (C=O) groups is 1. The first-order valence-electron chi connectivity index (χ1n) is 7.13. The minimum Gasteiger partial charge on any atom is -0.300 e. The van der Waals surface area contributed by atoms with E-state index in [0.29, 0.717) is 18.6 Å². The largest absolute Gasteiger partial charge is 0.300 e. The van der Waals surface area contributed by atoms with Crippen LogP contribution in [0.1, 0.15) is 71.6 Å². The summed E-state index contributed by atoms with van der Waals surface area (Å²) < 4.78 is 0. The van der Waals surface area contributed by atoms with Crippen molar-refractivity contribution in [2.75, 3.05) is 0 Å². The first-order chi connectivity index (χ1) is 8.31. The summed E-state index contributed by atoms with van der Waals surface area (Å²) in [5, 5.41) is 0. The maximum absolute atomic E-state index is 11.0. The molecule has 0 heterocycles. The summed E-state index contributed by atoms with van der Waals surface area (Å²) in [6, 6.07) is 0. The Kier molecular flexibility index (Phi) is 12.6. The summed E-state index contributed by atoms with van der Waals surface area (Å²) in [7, 11) is 0. The van der Waals surface area contributed by atoms with Crippen molar-refractivity contribution in [2.24, 2.45) is 0 Å². The van der Waals surface area contributed by atoms with Gasteiger partial charge < -0.3 is 0 Å². The van der Waals surface area contributed by atoms with Crippen molar-refractivity contribution < 1.29 is 4.79 Å². The van der Waals surface area contributed by atoms with Gasteiger partial charge in [0.15, 0.2) is 0 Å². The molecule has 0 aromatic carbocycles. The van der Waals surface area contributed by atoms with Crippen LogP contribution < -0.4 is 0 Å². The summed E-state index contributed by atoms with van der Waals surface area (Å²) in [5.74, 6) is 0.366. The quantitative estimate of drug-likeness (QED) is 0.355. The first-order valence-corrected chi connectivity index (χ1v) is 7.13. The maximum atomic E-state index is 11.0. The zero-order valence-electron chi connectivity index (χ0n) is 11.6. The Hall–Kier alpha value is -0.850. The molecule has 0 saturated heterocycles. The van der Waals surface area contributed by atoms with Crippen LogP contribution in [0, 0.1) is 0 Å². The van der Waals surface area contributed by atoms with Crippen molar-refractivity contribution in [3.63, 3.8) is 0 Å². The van der Waals surface area contributed by atoms with Gasteiger partial charge in [-0.3, -0.25) is 4.79 Å². The highest BCUT2D eigenvalue weighted by Gasteiger charge is 1.93. The Morgan fingerprint density at radius 2 is 1.41 bits per heavy atom. The van der Waals surface area contributed by atoms with Gasteiger partial charge in [0, 0.05) is 12.8 Å². The Labute approximate surface area is 107 Å². The molecule has 0 aromatic heterocycles. The van der Waals surface area contributed by atoms with Gasteiger partial charge in [-0.05, 0) is 32.1 Å². The monoisotopic (exact) mass is 236 g/mol. The standard InChI is InChI=1S/C16H28O/c1-3-5-6-7-8-9-10-11-12-13-14-15-16(17)4-2/h8-9,12-13H,3-7,10-11,14-15H2,1-2H3. The lowest BCUT2D eigenvalue weighted by Gasteiger charge is -1.93. The van der Waals surface area contributed by atoms with E-state index in [1.807, 2.05) is 6.92 Å². The summed E-state index contributed by atoms with van der Waals surface area (Å²) in [5.41, 5.74) is 0. The molecule has 0 saturated carbocycles. The molecule has 17 heavy (non-hydrogen) atoms. The van der Waals surface area contributed by atoms with Crippen LogP contribution in [0.3, 0.4) is 0 Å². The SMILES string of the molecule is CCCCCC=CCCC=CCCC(=O)CC. The van der Waals surface area contributed by atoms with Crippen molar-refractivity contribution in [3.8, 4) is 0 Å². The highest BCUT2D eigenvalue weighted by Crippen LogP contribution is 2.02. The number of carbonyl (C=O) groups excluding carboxylic acids is 1. The van der Waals surface area contributed by atoms with Crippen molar-refractivity contribution in [3.05, 3.63) is 24.3 Å². The fourth-order valence-electron chi connectivity index (χ4n) is 1.60. The molecular weight excluding hydrogens is 208 g/mol. The Balaban J connectivity index is 3.26. The highest BCUT2D eigenvalue weighted by molar-refractivity contribution is 5.78. The molecule has 0 bridgehead atoms. The fourth-order valence-corrected chi connectivity index (χ4v) is 1.60. The smallest absolute Gasteiger partial charge is 0.132 e. The molecule has 0 aliphatic heterocycles. The van der Waals surface area contributed by atoms with Gasteiger partial charge in [-0.1, -0.05) is 51.0 Å². The highest BCUT2D eigenvalue weighted by atomic mass is 16.1. The van der Waals surface area contributed by atoms with Crippen LogP contribution in [0.15, 0.2) is 24.3 Å². The lowest BCUT2D eigenvalue weighted by molar-refractivity contribution is -0.118. The summed E-state index contributed by atoms with van der Waals surface area (Å²) in [6.07, 6.45) is 18.6. The van der Waals surface area contributed by atoms with Crippen LogP contribution in [0.4, 0.5) is 0 Å². The van der Waals surface area contributed by atoms with Crippen LogP contribution in [0.5, 0.6) is 0 Å². The number of rotatable bonds is 11. The molecule has 98 valence electrons. The minimum atomic E-state index is 0.366. The van der Waals surface area contributed by atoms with Crippen LogP contribution in [0.25, 0.3) is 0 Å². The van der Waals surface area contributed by atoms with Gasteiger partial charge in [0.05, 0.1) is 0 Å². The van der Waals surface area contributed by atoms with Crippen LogP contribution in [0.2, 0.25) is 0 Å². The molecule has 1 heteroatoms. The van der Waals surface area contributed by atoms with E-state index in [-0.39, 0.29) is 0 Å². The zero-order chi connectivity index (χ0) is 12.8. The topological polar surface area (TPSA) is 17.1 Å². The number of unbranched alkanes of at least 4 members (excludes halogenated alkanes) is 4. The molecule has 0 N–H and O–H groups in total. The van der Waals surface area contributed by atoms with Crippen LogP contribution >= 0.6 is 0 Å². The molecule has 0 aliphatic carbocycles. The summed E-state index contributed by atoms with van der Waals surface area (Å²) in [4.78, 5) is 11.0. The average molecular weight is 236 g/mol. The van der Waals surface area contributed by atoms with Gasteiger partial charge >= 0.3 is 0 Å². The predicted molar refractivity (Wildman–Crippen MR) is 76.2 cm³/mol. The van der Waals surface area contributed by atoms with E-state index in [0.717, 1.165) is 19.3 Å². The Morgan fingerprint density at radius 1 is 0.824 bits per heavy atom. The Morgan fingerprint density at radius 3 is 2.00 bits per heavy atom. The fraction of sp³-hybridized carbons (Fsp3) is 0.688. The Bertz CT molecular complexity index is 226.